The predicted octanol–water partition coefficient (Wildman–Crippen LogP) is 1.32. The van der Waals surface area contributed by atoms with Crippen molar-refractivity contribution in [3.05, 3.63) is 34.9 Å². The minimum absolute atomic E-state index is 0.0537. The summed E-state index contributed by atoms with van der Waals surface area (Å²) in [6, 6.07) is 2.88. The van der Waals surface area contributed by atoms with E-state index in [1.807, 2.05) is 6.92 Å². The van der Waals surface area contributed by atoms with E-state index in [9.17, 15) is 8.42 Å². The Kier molecular flexibility index (Phi) is 4.50. The molecule has 0 aliphatic carbocycles. The second kappa shape index (κ2) is 6.00. The number of nitrogens with zero attached hydrogens (tertiary/aromatic N) is 3. The molecule has 0 fully saturated rings. The minimum Gasteiger partial charge on any atom is -0.397 e. The van der Waals surface area contributed by atoms with E-state index < -0.39 is 10.0 Å². The van der Waals surface area contributed by atoms with Gasteiger partial charge in [-0.25, -0.2) is 13.1 Å². The van der Waals surface area contributed by atoms with Gasteiger partial charge < -0.3 is 10.3 Å². The third-order valence-electron chi connectivity index (χ3n) is 3.04. The Labute approximate surface area is 128 Å². The van der Waals surface area contributed by atoms with Crippen LogP contribution in [0.4, 0.5) is 5.69 Å². The first-order chi connectivity index (χ1) is 9.85. The van der Waals surface area contributed by atoms with Gasteiger partial charge in [-0.15, -0.1) is 10.2 Å². The number of nitrogen functional groups attached to an aromatic ring is 1. The van der Waals surface area contributed by atoms with Crippen LogP contribution in [0, 0.1) is 6.92 Å². The van der Waals surface area contributed by atoms with E-state index in [2.05, 4.69) is 14.9 Å². The third kappa shape index (κ3) is 3.34. The van der Waals surface area contributed by atoms with Crippen LogP contribution in [0.3, 0.4) is 0 Å². The van der Waals surface area contributed by atoms with E-state index >= 15 is 0 Å². The van der Waals surface area contributed by atoms with Crippen LogP contribution in [-0.4, -0.2) is 23.2 Å². The van der Waals surface area contributed by atoms with Crippen LogP contribution in [0.25, 0.3) is 0 Å². The number of anilines is 1. The van der Waals surface area contributed by atoms with E-state index in [4.69, 9.17) is 17.3 Å². The van der Waals surface area contributed by atoms with Gasteiger partial charge in [0.05, 0.1) is 22.2 Å². The SMILES string of the molecule is CCn1cnnc1CNS(=O)(=O)c1cc(N)c(Cl)cc1C. The first kappa shape index (κ1) is 15.7. The maximum Gasteiger partial charge on any atom is 0.241 e. The summed E-state index contributed by atoms with van der Waals surface area (Å²) in [5, 5.41) is 7.96. The molecule has 0 radical (unpaired) electrons. The van der Waals surface area contributed by atoms with Crippen molar-refractivity contribution in [1.29, 1.82) is 0 Å². The highest BCUT2D eigenvalue weighted by atomic mass is 35.5. The van der Waals surface area contributed by atoms with Gasteiger partial charge in [-0.05, 0) is 31.5 Å². The van der Waals surface area contributed by atoms with E-state index in [0.29, 0.717) is 23.0 Å². The van der Waals surface area contributed by atoms with E-state index in [-0.39, 0.29) is 17.1 Å². The lowest BCUT2D eigenvalue weighted by Crippen LogP contribution is -2.25. The van der Waals surface area contributed by atoms with Gasteiger partial charge in [0.2, 0.25) is 10.0 Å². The number of nitrogens with two attached hydrogens (primary N) is 1. The van der Waals surface area contributed by atoms with Gasteiger partial charge in [0.1, 0.15) is 12.2 Å². The zero-order valence-corrected chi connectivity index (χ0v) is 13.2. The lowest BCUT2D eigenvalue weighted by Gasteiger charge is -2.11. The van der Waals surface area contributed by atoms with Crippen LogP contribution < -0.4 is 10.5 Å². The zero-order valence-electron chi connectivity index (χ0n) is 11.7. The topological polar surface area (TPSA) is 103 Å². The van der Waals surface area contributed by atoms with E-state index in [0.717, 1.165) is 0 Å². The molecule has 0 spiro atoms. The normalized spacial score (nSPS) is 11.8. The summed E-state index contributed by atoms with van der Waals surface area (Å²) in [6.07, 6.45) is 1.55. The molecule has 2 rings (SSSR count). The molecule has 9 heteroatoms. The Morgan fingerprint density at radius 3 is 2.81 bits per heavy atom. The van der Waals surface area contributed by atoms with Gasteiger partial charge in [0.25, 0.3) is 0 Å². The smallest absolute Gasteiger partial charge is 0.241 e. The van der Waals surface area contributed by atoms with Crippen molar-refractivity contribution in [1.82, 2.24) is 19.5 Å². The molecule has 1 aromatic carbocycles. The van der Waals surface area contributed by atoms with Crippen molar-refractivity contribution in [3.8, 4) is 0 Å². The number of rotatable bonds is 5. The highest BCUT2D eigenvalue weighted by molar-refractivity contribution is 7.89. The number of aryl methyl sites for hydroxylation is 2. The standard InChI is InChI=1S/C12H16ClN5O2S/c1-3-18-7-15-17-12(18)6-16-21(19,20)11-5-10(14)9(13)4-8(11)2/h4-5,7,16H,3,6,14H2,1-2H3. The number of hydrogen-bond acceptors (Lipinski definition) is 5. The van der Waals surface area contributed by atoms with Crippen molar-refractivity contribution in [2.45, 2.75) is 31.8 Å². The molecule has 0 amide bonds. The number of hydrogen-bond donors (Lipinski definition) is 2. The van der Waals surface area contributed by atoms with Crippen LogP contribution in [0.15, 0.2) is 23.4 Å². The lowest BCUT2D eigenvalue weighted by molar-refractivity contribution is 0.574. The van der Waals surface area contributed by atoms with Crippen molar-refractivity contribution in [2.75, 3.05) is 5.73 Å². The van der Waals surface area contributed by atoms with Gasteiger partial charge in [-0.3, -0.25) is 0 Å². The van der Waals surface area contributed by atoms with Gasteiger partial charge in [-0.1, -0.05) is 11.6 Å². The van der Waals surface area contributed by atoms with Gasteiger partial charge >= 0.3 is 0 Å². The molecular weight excluding hydrogens is 314 g/mol. The number of nitrogens with one attached hydrogen (secondary N) is 1. The minimum atomic E-state index is -3.70. The van der Waals surface area contributed by atoms with Crippen molar-refractivity contribution >= 4 is 27.3 Å². The molecule has 114 valence electrons. The molecule has 7 nitrogen and oxygen atoms in total. The summed E-state index contributed by atoms with van der Waals surface area (Å²) in [7, 11) is -3.70. The van der Waals surface area contributed by atoms with Crippen LogP contribution in [0.2, 0.25) is 5.02 Å². The van der Waals surface area contributed by atoms with Crippen LogP contribution >= 0.6 is 11.6 Å². The van der Waals surface area contributed by atoms with Crippen molar-refractivity contribution in [2.24, 2.45) is 0 Å². The number of benzene rings is 1. The molecular formula is C12H16ClN5O2S. The highest BCUT2D eigenvalue weighted by Crippen LogP contribution is 2.26. The second-order valence-electron chi connectivity index (χ2n) is 4.50. The summed E-state index contributed by atoms with van der Waals surface area (Å²) < 4.78 is 28.9. The zero-order chi connectivity index (χ0) is 15.6. The molecule has 3 N–H and O–H groups in total. The number of sulfonamides is 1. The first-order valence-electron chi connectivity index (χ1n) is 6.27. The second-order valence-corrected chi connectivity index (χ2v) is 6.64. The number of halogens is 1. The molecule has 0 unspecified atom stereocenters. The summed E-state index contributed by atoms with van der Waals surface area (Å²) in [6.45, 7) is 4.30. The fraction of sp³-hybridized carbons (Fsp3) is 0.333. The van der Waals surface area contributed by atoms with Crippen molar-refractivity contribution < 1.29 is 8.42 Å². The fourth-order valence-corrected chi connectivity index (χ4v) is 3.33. The summed E-state index contributed by atoms with van der Waals surface area (Å²) >= 11 is 5.87. The quantitative estimate of drug-likeness (QED) is 0.805. The van der Waals surface area contributed by atoms with Gasteiger partial charge in [0, 0.05) is 6.54 Å². The monoisotopic (exact) mass is 329 g/mol. The molecule has 0 saturated heterocycles. The van der Waals surface area contributed by atoms with Crippen molar-refractivity contribution in [3.63, 3.8) is 0 Å². The van der Waals surface area contributed by atoms with Crippen LogP contribution in [-0.2, 0) is 23.1 Å². The molecule has 1 heterocycles. The van der Waals surface area contributed by atoms with E-state index in [1.165, 1.54) is 12.1 Å². The van der Waals surface area contributed by atoms with Crippen LogP contribution in [0.1, 0.15) is 18.3 Å². The summed E-state index contributed by atoms with van der Waals surface area (Å²) in [5.74, 6) is 0.542. The first-order valence-corrected chi connectivity index (χ1v) is 8.13. The lowest BCUT2D eigenvalue weighted by atomic mass is 10.2. The molecule has 2 aromatic rings. The Morgan fingerprint density at radius 2 is 2.14 bits per heavy atom. The third-order valence-corrected chi connectivity index (χ3v) is 4.91. The predicted molar refractivity (Wildman–Crippen MR) is 80.3 cm³/mol. The summed E-state index contributed by atoms with van der Waals surface area (Å²) in [4.78, 5) is 0.104. The summed E-state index contributed by atoms with van der Waals surface area (Å²) in [5.41, 5.74) is 6.42. The molecule has 21 heavy (non-hydrogen) atoms. The Balaban J connectivity index is 2.25. The Morgan fingerprint density at radius 1 is 1.43 bits per heavy atom. The number of aromatic nitrogens is 3. The molecule has 0 atom stereocenters. The molecule has 0 bridgehead atoms. The highest BCUT2D eigenvalue weighted by Gasteiger charge is 2.19. The van der Waals surface area contributed by atoms with Crippen LogP contribution in [0.5, 0.6) is 0 Å². The maximum absolute atomic E-state index is 12.3. The van der Waals surface area contributed by atoms with E-state index in [1.54, 1.807) is 17.8 Å². The molecule has 0 aliphatic heterocycles. The van der Waals surface area contributed by atoms with Gasteiger partial charge in [-0.2, -0.15) is 0 Å². The molecule has 1 aromatic heterocycles. The maximum atomic E-state index is 12.3. The van der Waals surface area contributed by atoms with Gasteiger partial charge in [0.15, 0.2) is 0 Å². The molecule has 0 saturated carbocycles. The Bertz CT molecular complexity index is 757. The average Bonchev–Trinajstić information content (AvgIpc) is 2.88. The molecule has 0 aliphatic rings. The fourth-order valence-electron chi connectivity index (χ4n) is 1.88. The Hall–Kier alpha value is -1.64. The largest absolute Gasteiger partial charge is 0.397 e. The average molecular weight is 330 g/mol.